The molecule has 0 rings (SSSR count). The number of hydrogen-bond acceptors (Lipinski definition) is 8. The van der Waals surface area contributed by atoms with Gasteiger partial charge in [-0.2, -0.15) is 0 Å². The molecule has 3 atom stereocenters. The van der Waals surface area contributed by atoms with E-state index in [0.717, 1.165) is 71.2 Å². The van der Waals surface area contributed by atoms with Gasteiger partial charge in [-0.05, 0) is 40.0 Å². The molecule has 67 heavy (non-hydrogen) atoms. The number of unbranched alkanes of at least 4 members (excludes halogenated alkanes) is 21. The molecule has 0 aromatic rings. The van der Waals surface area contributed by atoms with Crippen LogP contribution in [-0.2, 0) is 19.2 Å². The van der Waals surface area contributed by atoms with Crippen molar-refractivity contribution in [3.05, 3.63) is 0 Å². The lowest BCUT2D eigenvalue weighted by Gasteiger charge is -2.28. The summed E-state index contributed by atoms with van der Waals surface area (Å²) in [7, 11) is 1.66. The maximum Gasteiger partial charge on any atom is 0.221 e. The summed E-state index contributed by atoms with van der Waals surface area (Å²) in [6, 6.07) is 0.525. The summed E-state index contributed by atoms with van der Waals surface area (Å²) in [5.41, 5.74) is 0. The molecule has 0 fully saturated rings. The van der Waals surface area contributed by atoms with E-state index in [1.54, 1.807) is 7.05 Å². The highest BCUT2D eigenvalue weighted by Gasteiger charge is 2.16. The maximum absolute atomic E-state index is 13.2. The molecule has 0 saturated carbocycles. The Labute approximate surface area is 414 Å². The van der Waals surface area contributed by atoms with Crippen LogP contribution in [0.5, 0.6) is 0 Å². The van der Waals surface area contributed by atoms with Gasteiger partial charge in [0.1, 0.15) is 0 Å². The van der Waals surface area contributed by atoms with Crippen molar-refractivity contribution in [2.75, 3.05) is 72.5 Å². The van der Waals surface area contributed by atoms with Crippen molar-refractivity contribution in [3.8, 4) is 0 Å². The Morgan fingerprint density at radius 2 is 0.627 bits per heavy atom. The average molecular weight is 950 g/mol. The van der Waals surface area contributed by atoms with E-state index in [0.29, 0.717) is 58.4 Å². The van der Waals surface area contributed by atoms with Crippen LogP contribution in [-0.4, -0.2) is 124 Å². The first-order valence-corrected chi connectivity index (χ1v) is 28.5. The van der Waals surface area contributed by atoms with Gasteiger partial charge >= 0.3 is 0 Å². The Bertz CT molecular complexity index is 1150. The fourth-order valence-corrected chi connectivity index (χ4v) is 8.74. The summed E-state index contributed by atoms with van der Waals surface area (Å²) in [5, 5.41) is 19.3. The van der Waals surface area contributed by atoms with Crippen LogP contribution in [0.4, 0.5) is 0 Å². The molecule has 12 nitrogen and oxygen atoms in total. The largest absolute Gasteiger partial charge is 0.359 e. The second-order valence-electron chi connectivity index (χ2n) is 20.1. The van der Waals surface area contributed by atoms with E-state index in [-0.39, 0.29) is 41.8 Å². The molecule has 6 N–H and O–H groups in total. The van der Waals surface area contributed by atoms with E-state index in [9.17, 15) is 19.2 Å². The van der Waals surface area contributed by atoms with E-state index < -0.39 is 0 Å². The van der Waals surface area contributed by atoms with Crippen molar-refractivity contribution in [2.24, 2.45) is 0 Å². The first kappa shape index (κ1) is 64.7. The third-order valence-electron chi connectivity index (χ3n) is 13.3. The van der Waals surface area contributed by atoms with Gasteiger partial charge in [0.05, 0.1) is 0 Å². The Morgan fingerprint density at radius 1 is 0.343 bits per heavy atom. The number of nitrogens with one attached hydrogen (secondary N) is 6. The Hall–Kier alpha value is -2.28. The zero-order valence-electron chi connectivity index (χ0n) is 45.3. The van der Waals surface area contributed by atoms with Crippen LogP contribution in [0.15, 0.2) is 0 Å². The molecule has 4 amide bonds. The summed E-state index contributed by atoms with van der Waals surface area (Å²) in [4.78, 5) is 55.6. The maximum atomic E-state index is 13.2. The topological polar surface area (TPSA) is 147 Å². The van der Waals surface area contributed by atoms with E-state index in [4.69, 9.17) is 0 Å². The molecule has 0 aromatic heterocycles. The van der Waals surface area contributed by atoms with Gasteiger partial charge in [-0.15, -0.1) is 0 Å². The van der Waals surface area contributed by atoms with Crippen LogP contribution >= 0.6 is 0 Å². The number of nitrogens with zero attached hydrogens (tertiary/aromatic N) is 2. The van der Waals surface area contributed by atoms with Crippen molar-refractivity contribution >= 4 is 23.6 Å². The molecule has 0 bridgehead atoms. The summed E-state index contributed by atoms with van der Waals surface area (Å²) >= 11 is 0. The van der Waals surface area contributed by atoms with Gasteiger partial charge in [-0.1, -0.05) is 175 Å². The van der Waals surface area contributed by atoms with Crippen LogP contribution in [0.3, 0.4) is 0 Å². The highest BCUT2D eigenvalue weighted by molar-refractivity contribution is 5.77. The quantitative estimate of drug-likeness (QED) is 0.0331. The minimum absolute atomic E-state index is 0.0160. The van der Waals surface area contributed by atoms with Crippen LogP contribution < -0.4 is 31.9 Å². The average Bonchev–Trinajstić information content (AvgIpc) is 3.30. The molecule has 0 aliphatic heterocycles. The summed E-state index contributed by atoms with van der Waals surface area (Å²) in [5.74, 6) is 0.301. The Morgan fingerprint density at radius 3 is 0.940 bits per heavy atom. The standard InChI is InChI=1S/C55H112N8O4/c1-8-11-14-17-20-23-26-29-32-49(4)59-53(65)36-40-58-42-46-63(44-38-55(67)61-51(6)34-31-28-25-22-19-16-13-10-3)48-47-62(45-41-57-39-35-52(64)56-7)43-37-54(66)60-50(5)33-30-27-24-21-18-15-12-9-2/h49-51,57-58H,8-48H2,1-7H3,(H,56,64)(H,59,65)(H,60,66)(H,61,67). The van der Waals surface area contributed by atoms with E-state index >= 15 is 0 Å². The third-order valence-corrected chi connectivity index (χ3v) is 13.3. The molecule has 0 aliphatic rings. The fraction of sp³-hybridized carbons (Fsp3) is 0.927. The highest BCUT2D eigenvalue weighted by atomic mass is 16.2. The monoisotopic (exact) mass is 949 g/mol. The molecule has 0 saturated heterocycles. The molecule has 0 heterocycles. The predicted molar refractivity (Wildman–Crippen MR) is 286 cm³/mol. The lowest BCUT2D eigenvalue weighted by molar-refractivity contribution is -0.123. The van der Waals surface area contributed by atoms with Crippen molar-refractivity contribution in [3.63, 3.8) is 0 Å². The fourth-order valence-electron chi connectivity index (χ4n) is 8.74. The first-order valence-electron chi connectivity index (χ1n) is 28.5. The number of carbonyl (C=O) groups is 4. The normalized spacial score (nSPS) is 12.9. The van der Waals surface area contributed by atoms with Crippen LogP contribution in [0, 0.1) is 0 Å². The number of hydrogen-bond donors (Lipinski definition) is 6. The van der Waals surface area contributed by atoms with E-state index in [2.05, 4.69) is 83.2 Å². The molecule has 0 aliphatic carbocycles. The summed E-state index contributed by atoms with van der Waals surface area (Å²) in [6.07, 6.45) is 35.7. The predicted octanol–water partition coefficient (Wildman–Crippen LogP) is 10.2. The Kier molecular flexibility index (Phi) is 47.1. The zero-order valence-corrected chi connectivity index (χ0v) is 45.3. The van der Waals surface area contributed by atoms with Crippen LogP contribution in [0.25, 0.3) is 0 Å². The number of carbonyl (C=O) groups excluding carboxylic acids is 4. The summed E-state index contributed by atoms with van der Waals surface area (Å²) < 4.78 is 0. The first-order chi connectivity index (χ1) is 32.5. The summed E-state index contributed by atoms with van der Waals surface area (Å²) in [6.45, 7) is 20.1. The molecule has 0 radical (unpaired) electrons. The molecule has 0 aromatic carbocycles. The van der Waals surface area contributed by atoms with Gasteiger partial charge in [0.25, 0.3) is 0 Å². The van der Waals surface area contributed by atoms with Crippen LogP contribution in [0.1, 0.15) is 241 Å². The minimum atomic E-state index is 0.0160. The molecule has 396 valence electrons. The highest BCUT2D eigenvalue weighted by Crippen LogP contribution is 2.13. The Balaban J connectivity index is 5.23. The van der Waals surface area contributed by atoms with Crippen molar-refractivity contribution in [2.45, 2.75) is 259 Å². The van der Waals surface area contributed by atoms with Crippen molar-refractivity contribution in [1.82, 2.24) is 41.7 Å². The second-order valence-corrected chi connectivity index (χ2v) is 20.1. The van der Waals surface area contributed by atoms with Crippen LogP contribution in [0.2, 0.25) is 0 Å². The van der Waals surface area contributed by atoms with Gasteiger partial charge in [-0.25, -0.2) is 0 Å². The smallest absolute Gasteiger partial charge is 0.221 e. The lowest BCUT2D eigenvalue weighted by atomic mass is 10.1. The molecular weight excluding hydrogens is 837 g/mol. The van der Waals surface area contributed by atoms with Crippen molar-refractivity contribution < 1.29 is 19.2 Å². The SMILES string of the molecule is CCCCCCCCCCC(C)NC(=O)CCNCCN(CCC(=O)NC(C)CCCCCCCCCC)CCN(CCNCCC(=O)NC)CCC(=O)NC(C)CCCCCCCCCC. The number of rotatable bonds is 51. The van der Waals surface area contributed by atoms with Gasteiger partial charge < -0.3 is 41.7 Å². The van der Waals surface area contributed by atoms with Gasteiger partial charge in [0.15, 0.2) is 0 Å². The number of amides is 4. The third kappa shape index (κ3) is 45.9. The molecule has 0 spiro atoms. The van der Waals surface area contributed by atoms with E-state index in [1.807, 2.05) is 0 Å². The van der Waals surface area contributed by atoms with Gasteiger partial charge in [0, 0.05) is 116 Å². The zero-order chi connectivity index (χ0) is 49.4. The second kappa shape index (κ2) is 48.7. The van der Waals surface area contributed by atoms with Gasteiger partial charge in [0.2, 0.25) is 23.6 Å². The molecule has 12 heteroatoms. The van der Waals surface area contributed by atoms with Gasteiger partial charge in [-0.3, -0.25) is 19.2 Å². The molecule has 3 unspecified atom stereocenters. The molecular formula is C55H112N8O4. The minimum Gasteiger partial charge on any atom is -0.359 e. The van der Waals surface area contributed by atoms with Crippen molar-refractivity contribution in [1.29, 1.82) is 0 Å². The van der Waals surface area contributed by atoms with E-state index in [1.165, 1.54) is 135 Å². The lowest BCUT2D eigenvalue weighted by Crippen LogP contribution is -2.44.